The first-order valence-electron chi connectivity index (χ1n) is 5.23. The second kappa shape index (κ2) is 4.61. The van der Waals surface area contributed by atoms with Crippen molar-refractivity contribution >= 4 is 5.84 Å². The number of rotatable bonds is 6. The van der Waals surface area contributed by atoms with E-state index in [1.807, 2.05) is 6.92 Å². The maximum Gasteiger partial charge on any atom is 0.108 e. The number of nitrogens with zero attached hydrogens (tertiary/aromatic N) is 1. The number of hydrogen-bond acceptors (Lipinski definition) is 2. The molecule has 0 saturated heterocycles. The molecule has 1 aliphatic carbocycles. The lowest BCUT2D eigenvalue weighted by Crippen LogP contribution is -2.43. The zero-order valence-corrected chi connectivity index (χ0v) is 8.71. The van der Waals surface area contributed by atoms with Crippen LogP contribution in [0.25, 0.3) is 0 Å². The Morgan fingerprint density at radius 3 is 2.62 bits per heavy atom. The smallest absolute Gasteiger partial charge is 0.108 e. The van der Waals surface area contributed by atoms with Gasteiger partial charge in [-0.2, -0.15) is 0 Å². The van der Waals surface area contributed by atoms with E-state index in [1.165, 1.54) is 12.8 Å². The number of nitrogens with two attached hydrogens (primary N) is 1. The van der Waals surface area contributed by atoms with Crippen LogP contribution < -0.4 is 5.73 Å². The first-order valence-corrected chi connectivity index (χ1v) is 5.23. The molecule has 0 aromatic rings. The average molecular weight is 183 g/mol. The summed E-state index contributed by atoms with van der Waals surface area (Å²) in [7, 11) is 0. The van der Waals surface area contributed by atoms with E-state index in [-0.39, 0.29) is 6.04 Å². The molecular formula is C10H21N3. The molecule has 76 valence electrons. The van der Waals surface area contributed by atoms with E-state index in [4.69, 9.17) is 11.1 Å². The summed E-state index contributed by atoms with van der Waals surface area (Å²) in [4.78, 5) is 2.33. The van der Waals surface area contributed by atoms with Gasteiger partial charge in [0.15, 0.2) is 0 Å². The monoisotopic (exact) mass is 183 g/mol. The highest BCUT2D eigenvalue weighted by Gasteiger charge is 2.26. The van der Waals surface area contributed by atoms with Gasteiger partial charge in [-0.25, -0.2) is 0 Å². The fraction of sp³-hybridized carbons (Fsp3) is 0.900. The average Bonchev–Trinajstić information content (AvgIpc) is 2.86. The Bertz CT molecular complexity index is 175. The van der Waals surface area contributed by atoms with Crippen LogP contribution >= 0.6 is 0 Å². The molecular weight excluding hydrogens is 162 g/mol. The number of nitrogens with one attached hydrogen (secondary N) is 1. The number of hydrogen-bond donors (Lipinski definition) is 2. The molecule has 0 bridgehead atoms. The molecule has 1 unspecified atom stereocenters. The molecule has 0 heterocycles. The van der Waals surface area contributed by atoms with Crippen molar-refractivity contribution in [2.24, 2.45) is 11.7 Å². The van der Waals surface area contributed by atoms with Gasteiger partial charge < -0.3 is 5.73 Å². The van der Waals surface area contributed by atoms with Crippen molar-refractivity contribution in [3.63, 3.8) is 0 Å². The molecule has 0 spiro atoms. The molecule has 0 aromatic heterocycles. The van der Waals surface area contributed by atoms with Crippen molar-refractivity contribution in [1.29, 1.82) is 5.41 Å². The van der Waals surface area contributed by atoms with Crippen molar-refractivity contribution < 1.29 is 0 Å². The molecule has 3 nitrogen and oxygen atoms in total. The fourth-order valence-corrected chi connectivity index (χ4v) is 1.56. The summed E-state index contributed by atoms with van der Waals surface area (Å²) in [5, 5.41) is 7.41. The van der Waals surface area contributed by atoms with E-state index >= 15 is 0 Å². The third-order valence-electron chi connectivity index (χ3n) is 2.70. The highest BCUT2D eigenvalue weighted by atomic mass is 15.2. The molecule has 0 aromatic carbocycles. The van der Waals surface area contributed by atoms with Gasteiger partial charge in [0.1, 0.15) is 5.84 Å². The maximum atomic E-state index is 7.41. The van der Waals surface area contributed by atoms with Crippen LogP contribution in [0.15, 0.2) is 0 Å². The molecule has 0 radical (unpaired) electrons. The van der Waals surface area contributed by atoms with Crippen molar-refractivity contribution in [1.82, 2.24) is 4.90 Å². The van der Waals surface area contributed by atoms with E-state index in [1.54, 1.807) is 0 Å². The third-order valence-corrected chi connectivity index (χ3v) is 2.70. The standard InChI is InChI=1S/C10H21N3/c1-3-6-13(7-9-4-5-9)8(2)10(11)12/h8-9H,3-7H2,1-2H3,(H3,11,12). The summed E-state index contributed by atoms with van der Waals surface area (Å²) >= 11 is 0. The summed E-state index contributed by atoms with van der Waals surface area (Å²) in [6, 6.07) is 0.126. The Morgan fingerprint density at radius 1 is 1.62 bits per heavy atom. The summed E-state index contributed by atoms with van der Waals surface area (Å²) in [6.45, 7) is 6.40. The normalized spacial score (nSPS) is 19.0. The largest absolute Gasteiger partial charge is 0.386 e. The molecule has 3 heteroatoms. The van der Waals surface area contributed by atoms with Crippen molar-refractivity contribution in [3.8, 4) is 0 Å². The summed E-state index contributed by atoms with van der Waals surface area (Å²) in [5.41, 5.74) is 5.50. The van der Waals surface area contributed by atoms with Gasteiger partial charge in [0, 0.05) is 6.54 Å². The second-order valence-corrected chi connectivity index (χ2v) is 4.07. The van der Waals surface area contributed by atoms with Gasteiger partial charge in [0.25, 0.3) is 0 Å². The highest BCUT2D eigenvalue weighted by molar-refractivity contribution is 5.82. The molecule has 13 heavy (non-hydrogen) atoms. The highest BCUT2D eigenvalue weighted by Crippen LogP contribution is 2.30. The van der Waals surface area contributed by atoms with E-state index < -0.39 is 0 Å². The van der Waals surface area contributed by atoms with Crippen LogP contribution in [0.3, 0.4) is 0 Å². The predicted octanol–water partition coefficient (Wildman–Crippen LogP) is 1.43. The maximum absolute atomic E-state index is 7.41. The van der Waals surface area contributed by atoms with Crippen LogP contribution in [-0.4, -0.2) is 29.9 Å². The van der Waals surface area contributed by atoms with Crippen molar-refractivity contribution in [3.05, 3.63) is 0 Å². The van der Waals surface area contributed by atoms with Gasteiger partial charge >= 0.3 is 0 Å². The Balaban J connectivity index is 2.38. The lowest BCUT2D eigenvalue weighted by atomic mass is 10.2. The van der Waals surface area contributed by atoms with E-state index in [2.05, 4.69) is 11.8 Å². The van der Waals surface area contributed by atoms with Gasteiger partial charge in [0.05, 0.1) is 6.04 Å². The van der Waals surface area contributed by atoms with Crippen LogP contribution in [0.5, 0.6) is 0 Å². The zero-order chi connectivity index (χ0) is 9.84. The minimum absolute atomic E-state index is 0.126. The molecule has 1 rings (SSSR count). The molecule has 1 aliphatic rings. The molecule has 3 N–H and O–H groups in total. The Labute approximate surface area is 80.8 Å². The quantitative estimate of drug-likeness (QED) is 0.483. The van der Waals surface area contributed by atoms with Crippen LogP contribution in [-0.2, 0) is 0 Å². The van der Waals surface area contributed by atoms with Crippen LogP contribution in [0.4, 0.5) is 0 Å². The Kier molecular flexibility index (Phi) is 3.72. The van der Waals surface area contributed by atoms with E-state index in [9.17, 15) is 0 Å². The van der Waals surface area contributed by atoms with Gasteiger partial charge in [-0.1, -0.05) is 6.92 Å². The Morgan fingerprint density at radius 2 is 2.23 bits per heavy atom. The molecule has 0 amide bonds. The SMILES string of the molecule is CCCN(CC1CC1)C(C)C(=N)N. The van der Waals surface area contributed by atoms with Gasteiger partial charge in [-0.3, -0.25) is 10.3 Å². The van der Waals surface area contributed by atoms with Crippen LogP contribution in [0.1, 0.15) is 33.1 Å². The van der Waals surface area contributed by atoms with Crippen molar-refractivity contribution in [2.75, 3.05) is 13.1 Å². The molecule has 0 aliphatic heterocycles. The fourth-order valence-electron chi connectivity index (χ4n) is 1.56. The minimum Gasteiger partial charge on any atom is -0.386 e. The van der Waals surface area contributed by atoms with Gasteiger partial charge in [0.2, 0.25) is 0 Å². The van der Waals surface area contributed by atoms with E-state index in [0.717, 1.165) is 25.4 Å². The van der Waals surface area contributed by atoms with Gasteiger partial charge in [-0.15, -0.1) is 0 Å². The van der Waals surface area contributed by atoms with Crippen LogP contribution in [0.2, 0.25) is 0 Å². The summed E-state index contributed by atoms with van der Waals surface area (Å²) in [6.07, 6.45) is 3.88. The van der Waals surface area contributed by atoms with Crippen LogP contribution in [0, 0.1) is 11.3 Å². The molecule has 1 atom stereocenters. The first-order chi connectivity index (χ1) is 6.15. The molecule has 1 saturated carbocycles. The first kappa shape index (κ1) is 10.5. The van der Waals surface area contributed by atoms with Gasteiger partial charge in [-0.05, 0) is 38.6 Å². The molecule has 1 fully saturated rings. The third kappa shape index (κ3) is 3.35. The predicted molar refractivity (Wildman–Crippen MR) is 56.0 cm³/mol. The Hall–Kier alpha value is -0.570. The topological polar surface area (TPSA) is 53.1 Å². The zero-order valence-electron chi connectivity index (χ0n) is 8.71. The summed E-state index contributed by atoms with van der Waals surface area (Å²) in [5.74, 6) is 1.18. The lowest BCUT2D eigenvalue weighted by molar-refractivity contribution is 0.242. The second-order valence-electron chi connectivity index (χ2n) is 4.07. The van der Waals surface area contributed by atoms with E-state index in [0.29, 0.717) is 5.84 Å². The van der Waals surface area contributed by atoms with Crippen molar-refractivity contribution in [2.45, 2.75) is 39.2 Å². The minimum atomic E-state index is 0.126. The number of amidine groups is 1. The lowest BCUT2D eigenvalue weighted by Gasteiger charge is -2.27. The summed E-state index contributed by atoms with van der Waals surface area (Å²) < 4.78 is 0.